The van der Waals surface area contributed by atoms with Crippen LogP contribution in [0.5, 0.6) is 0 Å². The summed E-state index contributed by atoms with van der Waals surface area (Å²) in [6.45, 7) is 10.4. The van der Waals surface area contributed by atoms with Gasteiger partial charge in [-0.2, -0.15) is 0 Å². The molecule has 19 heavy (non-hydrogen) atoms. The molecule has 0 heterocycles. The number of ether oxygens (including phenoxy) is 1. The Balaban J connectivity index is 2.90. The smallest absolute Gasteiger partial charge is 0.331 e. The zero-order valence-electron chi connectivity index (χ0n) is 12.6. The van der Waals surface area contributed by atoms with Crippen molar-refractivity contribution in [2.75, 3.05) is 11.9 Å². The van der Waals surface area contributed by atoms with Crippen molar-refractivity contribution < 1.29 is 9.53 Å². The van der Waals surface area contributed by atoms with Crippen LogP contribution >= 0.6 is 0 Å². The lowest BCUT2D eigenvalue weighted by Crippen LogP contribution is -2.45. The number of anilines is 1. The fourth-order valence-corrected chi connectivity index (χ4v) is 2.25. The lowest BCUT2D eigenvalue weighted by molar-refractivity contribution is -0.148. The number of rotatable bonds is 6. The fraction of sp³-hybridized carbons (Fsp3) is 0.562. The molecule has 106 valence electrons. The second-order valence-corrected chi connectivity index (χ2v) is 5.64. The zero-order chi connectivity index (χ0) is 14.5. The largest absolute Gasteiger partial charge is 0.464 e. The Morgan fingerprint density at radius 2 is 1.89 bits per heavy atom. The van der Waals surface area contributed by atoms with Crippen LogP contribution in [0.4, 0.5) is 5.69 Å². The Labute approximate surface area is 116 Å². The molecule has 1 rings (SSSR count). The highest BCUT2D eigenvalue weighted by Crippen LogP contribution is 2.24. The molecule has 0 aliphatic rings. The van der Waals surface area contributed by atoms with Gasteiger partial charge in [0.15, 0.2) is 0 Å². The molecule has 0 radical (unpaired) electrons. The van der Waals surface area contributed by atoms with Gasteiger partial charge in [0, 0.05) is 5.69 Å². The molecular weight excluding hydrogens is 238 g/mol. The molecule has 0 fully saturated rings. The van der Waals surface area contributed by atoms with E-state index in [9.17, 15) is 4.79 Å². The Morgan fingerprint density at radius 1 is 1.32 bits per heavy atom. The van der Waals surface area contributed by atoms with Crippen molar-refractivity contribution in [3.05, 3.63) is 29.8 Å². The lowest BCUT2D eigenvalue weighted by atomic mass is 9.90. The molecule has 1 atom stereocenters. The van der Waals surface area contributed by atoms with Gasteiger partial charge in [0.2, 0.25) is 0 Å². The average molecular weight is 263 g/mol. The number of benzene rings is 1. The third-order valence-electron chi connectivity index (χ3n) is 3.01. The normalized spacial score (nSPS) is 14.0. The summed E-state index contributed by atoms with van der Waals surface area (Å²) in [6, 6.07) is 8.05. The van der Waals surface area contributed by atoms with Crippen molar-refractivity contribution in [2.24, 2.45) is 5.92 Å². The molecule has 0 saturated heterocycles. The summed E-state index contributed by atoms with van der Waals surface area (Å²) in [7, 11) is 0. The van der Waals surface area contributed by atoms with E-state index in [1.54, 1.807) is 0 Å². The molecule has 3 nitrogen and oxygen atoms in total. The molecule has 0 saturated carbocycles. The highest BCUT2D eigenvalue weighted by molar-refractivity contribution is 5.84. The molecule has 1 unspecified atom stereocenters. The SMILES string of the molecule is CCOC(=O)C(C)(CC(C)C)Nc1ccc(C)cc1. The van der Waals surface area contributed by atoms with Crippen LogP contribution in [0.1, 0.15) is 39.7 Å². The van der Waals surface area contributed by atoms with Gasteiger partial charge in [0.05, 0.1) is 6.61 Å². The summed E-state index contributed by atoms with van der Waals surface area (Å²) in [6.07, 6.45) is 0.736. The highest BCUT2D eigenvalue weighted by Gasteiger charge is 2.35. The van der Waals surface area contributed by atoms with Crippen molar-refractivity contribution in [1.29, 1.82) is 0 Å². The molecule has 0 aliphatic carbocycles. The first-order valence-corrected chi connectivity index (χ1v) is 6.89. The third-order valence-corrected chi connectivity index (χ3v) is 3.01. The molecule has 1 N–H and O–H groups in total. The Hall–Kier alpha value is -1.51. The second-order valence-electron chi connectivity index (χ2n) is 5.64. The maximum absolute atomic E-state index is 12.2. The van der Waals surface area contributed by atoms with Crippen LogP contribution in [-0.4, -0.2) is 18.1 Å². The summed E-state index contributed by atoms with van der Waals surface area (Å²) >= 11 is 0. The van der Waals surface area contributed by atoms with E-state index in [4.69, 9.17) is 4.74 Å². The van der Waals surface area contributed by atoms with Gasteiger partial charge in [-0.25, -0.2) is 4.79 Å². The van der Waals surface area contributed by atoms with E-state index in [1.807, 2.05) is 45.0 Å². The van der Waals surface area contributed by atoms with Gasteiger partial charge < -0.3 is 10.1 Å². The Morgan fingerprint density at radius 3 is 2.37 bits per heavy atom. The molecule has 0 amide bonds. The molecule has 0 aliphatic heterocycles. The van der Waals surface area contributed by atoms with Crippen molar-refractivity contribution >= 4 is 11.7 Å². The summed E-state index contributed by atoms with van der Waals surface area (Å²) in [4.78, 5) is 12.2. The van der Waals surface area contributed by atoms with E-state index in [2.05, 4.69) is 19.2 Å². The van der Waals surface area contributed by atoms with Crippen molar-refractivity contribution in [3.63, 3.8) is 0 Å². The first-order valence-electron chi connectivity index (χ1n) is 6.89. The number of hydrogen-bond acceptors (Lipinski definition) is 3. The van der Waals surface area contributed by atoms with Crippen LogP contribution in [0.3, 0.4) is 0 Å². The van der Waals surface area contributed by atoms with Gasteiger partial charge in [-0.1, -0.05) is 31.5 Å². The first-order chi connectivity index (χ1) is 8.87. The predicted octanol–water partition coefficient (Wildman–Crippen LogP) is 3.77. The summed E-state index contributed by atoms with van der Waals surface area (Å²) in [5.74, 6) is 0.219. The van der Waals surface area contributed by atoms with E-state index in [1.165, 1.54) is 5.56 Å². The van der Waals surface area contributed by atoms with Gasteiger partial charge in [-0.05, 0) is 45.2 Å². The Kier molecular flexibility index (Phi) is 5.40. The molecule has 0 spiro atoms. The fourth-order valence-electron chi connectivity index (χ4n) is 2.25. The number of carbonyl (C=O) groups is 1. The van der Waals surface area contributed by atoms with Crippen LogP contribution in [0.15, 0.2) is 24.3 Å². The molecule has 1 aromatic carbocycles. The molecule has 0 aromatic heterocycles. The van der Waals surface area contributed by atoms with E-state index in [0.29, 0.717) is 12.5 Å². The number of nitrogens with one attached hydrogen (secondary N) is 1. The maximum Gasteiger partial charge on any atom is 0.331 e. The average Bonchev–Trinajstić information content (AvgIpc) is 2.31. The van der Waals surface area contributed by atoms with E-state index in [-0.39, 0.29) is 5.97 Å². The number of hydrogen-bond donors (Lipinski definition) is 1. The van der Waals surface area contributed by atoms with Crippen LogP contribution in [0.25, 0.3) is 0 Å². The van der Waals surface area contributed by atoms with Gasteiger partial charge in [-0.3, -0.25) is 0 Å². The molecule has 3 heteroatoms. The lowest BCUT2D eigenvalue weighted by Gasteiger charge is -2.31. The van der Waals surface area contributed by atoms with E-state index >= 15 is 0 Å². The van der Waals surface area contributed by atoms with Gasteiger partial charge in [0.25, 0.3) is 0 Å². The monoisotopic (exact) mass is 263 g/mol. The standard InChI is InChI=1S/C16H25NO2/c1-6-19-15(18)16(5,11-12(2)3)17-14-9-7-13(4)8-10-14/h7-10,12,17H,6,11H2,1-5H3. The highest BCUT2D eigenvalue weighted by atomic mass is 16.5. The van der Waals surface area contributed by atoms with E-state index < -0.39 is 5.54 Å². The zero-order valence-corrected chi connectivity index (χ0v) is 12.6. The molecular formula is C16H25NO2. The van der Waals surface area contributed by atoms with Crippen molar-refractivity contribution in [2.45, 2.75) is 46.6 Å². The summed E-state index contributed by atoms with van der Waals surface area (Å²) in [5, 5.41) is 3.32. The predicted molar refractivity (Wildman–Crippen MR) is 79.3 cm³/mol. The Bertz CT molecular complexity index is 411. The minimum atomic E-state index is -0.681. The van der Waals surface area contributed by atoms with Gasteiger partial charge >= 0.3 is 5.97 Å². The number of esters is 1. The summed E-state index contributed by atoms with van der Waals surface area (Å²) in [5.41, 5.74) is 1.47. The minimum absolute atomic E-state index is 0.190. The first kappa shape index (κ1) is 15.5. The van der Waals surface area contributed by atoms with Gasteiger partial charge in [0.1, 0.15) is 5.54 Å². The number of aryl methyl sites for hydroxylation is 1. The van der Waals surface area contributed by atoms with E-state index in [0.717, 1.165) is 12.1 Å². The third kappa shape index (κ3) is 4.58. The van der Waals surface area contributed by atoms with Crippen LogP contribution in [0, 0.1) is 12.8 Å². The van der Waals surface area contributed by atoms with Crippen LogP contribution < -0.4 is 5.32 Å². The van der Waals surface area contributed by atoms with Crippen molar-refractivity contribution in [3.8, 4) is 0 Å². The summed E-state index contributed by atoms with van der Waals surface area (Å²) < 4.78 is 5.20. The topological polar surface area (TPSA) is 38.3 Å². The minimum Gasteiger partial charge on any atom is -0.464 e. The molecule has 0 bridgehead atoms. The quantitative estimate of drug-likeness (QED) is 0.794. The van der Waals surface area contributed by atoms with Gasteiger partial charge in [-0.15, -0.1) is 0 Å². The number of carbonyl (C=O) groups excluding carboxylic acids is 1. The maximum atomic E-state index is 12.2. The second kappa shape index (κ2) is 6.60. The van der Waals surface area contributed by atoms with Crippen molar-refractivity contribution in [1.82, 2.24) is 0 Å². The van der Waals surface area contributed by atoms with Crippen LogP contribution in [0.2, 0.25) is 0 Å². The molecule has 1 aromatic rings. The van der Waals surface area contributed by atoms with Crippen LogP contribution in [-0.2, 0) is 9.53 Å².